The highest BCUT2D eigenvalue weighted by Gasteiger charge is 2.04. The van der Waals surface area contributed by atoms with Crippen LogP contribution in [0.25, 0.3) is 11.0 Å². The first-order chi connectivity index (χ1) is 7.19. The molecule has 1 atom stereocenters. The molecule has 0 spiro atoms. The summed E-state index contributed by atoms with van der Waals surface area (Å²) in [6.07, 6.45) is 1.09. The highest BCUT2D eigenvalue weighted by molar-refractivity contribution is 5.78. The van der Waals surface area contributed by atoms with Crippen LogP contribution in [0.3, 0.4) is 0 Å². The normalized spacial score (nSPS) is 13.0. The van der Waals surface area contributed by atoms with Crippen LogP contribution in [0.2, 0.25) is 0 Å². The van der Waals surface area contributed by atoms with Crippen LogP contribution in [0.4, 0.5) is 5.95 Å². The zero-order chi connectivity index (χ0) is 10.8. The maximum absolute atomic E-state index is 4.48. The van der Waals surface area contributed by atoms with Gasteiger partial charge in [0.15, 0.2) is 0 Å². The number of aromatic nitrogens is 2. The van der Waals surface area contributed by atoms with Gasteiger partial charge in [0.2, 0.25) is 5.95 Å². The van der Waals surface area contributed by atoms with Gasteiger partial charge in [0.25, 0.3) is 0 Å². The maximum Gasteiger partial charge on any atom is 0.201 e. The van der Waals surface area contributed by atoms with E-state index in [0.717, 1.165) is 23.4 Å². The van der Waals surface area contributed by atoms with Crippen LogP contribution >= 0.6 is 0 Å². The van der Waals surface area contributed by atoms with E-state index in [4.69, 9.17) is 0 Å². The van der Waals surface area contributed by atoms with Crippen molar-refractivity contribution in [3.8, 4) is 0 Å². The number of fused-ring (bicyclic) bond motifs is 1. The summed E-state index contributed by atoms with van der Waals surface area (Å²) in [6, 6.07) is 6.69. The molecule has 2 rings (SSSR count). The molecule has 0 fully saturated rings. The molecule has 2 N–H and O–H groups in total. The van der Waals surface area contributed by atoms with Gasteiger partial charge < -0.3 is 10.3 Å². The molecule has 1 aromatic carbocycles. The summed E-state index contributed by atoms with van der Waals surface area (Å²) in [5.74, 6) is 0.866. The first kappa shape index (κ1) is 10.0. The summed E-state index contributed by atoms with van der Waals surface area (Å²) in [5, 5.41) is 3.33. The highest BCUT2D eigenvalue weighted by Crippen LogP contribution is 2.16. The number of aryl methyl sites for hydroxylation is 1. The Balaban J connectivity index is 2.30. The smallest absolute Gasteiger partial charge is 0.201 e. The van der Waals surface area contributed by atoms with Crippen LogP contribution < -0.4 is 5.32 Å². The van der Waals surface area contributed by atoms with Gasteiger partial charge in [-0.2, -0.15) is 0 Å². The summed E-state index contributed by atoms with van der Waals surface area (Å²) in [6.45, 7) is 6.39. The molecule has 0 aliphatic heterocycles. The number of hydrogen-bond acceptors (Lipinski definition) is 2. The van der Waals surface area contributed by atoms with Gasteiger partial charge in [-0.15, -0.1) is 0 Å². The summed E-state index contributed by atoms with van der Waals surface area (Å²) >= 11 is 0. The molecule has 1 unspecified atom stereocenters. The topological polar surface area (TPSA) is 40.7 Å². The van der Waals surface area contributed by atoms with Crippen molar-refractivity contribution < 1.29 is 0 Å². The first-order valence-corrected chi connectivity index (χ1v) is 5.42. The Kier molecular flexibility index (Phi) is 2.62. The van der Waals surface area contributed by atoms with Gasteiger partial charge in [-0.25, -0.2) is 4.98 Å². The maximum atomic E-state index is 4.48. The predicted octanol–water partition coefficient (Wildman–Crippen LogP) is 3.08. The minimum absolute atomic E-state index is 0.451. The Bertz CT molecular complexity index is 459. The predicted molar refractivity (Wildman–Crippen MR) is 64.2 cm³/mol. The van der Waals surface area contributed by atoms with E-state index < -0.39 is 0 Å². The van der Waals surface area contributed by atoms with Crippen molar-refractivity contribution >= 4 is 17.0 Å². The van der Waals surface area contributed by atoms with Gasteiger partial charge in [0.1, 0.15) is 0 Å². The molecule has 0 amide bonds. The molecule has 0 bridgehead atoms. The van der Waals surface area contributed by atoms with Gasteiger partial charge >= 0.3 is 0 Å². The Morgan fingerprint density at radius 2 is 2.27 bits per heavy atom. The molecule has 80 valence electrons. The fourth-order valence-electron chi connectivity index (χ4n) is 1.53. The molecular weight excluding hydrogens is 186 g/mol. The Morgan fingerprint density at radius 1 is 1.47 bits per heavy atom. The molecule has 0 saturated heterocycles. The molecule has 0 saturated carbocycles. The summed E-state index contributed by atoms with van der Waals surface area (Å²) in [7, 11) is 0. The van der Waals surface area contributed by atoms with Crippen molar-refractivity contribution in [1.29, 1.82) is 0 Å². The van der Waals surface area contributed by atoms with Crippen LogP contribution in [0.5, 0.6) is 0 Å². The number of nitrogens with one attached hydrogen (secondary N) is 2. The fraction of sp³-hybridized carbons (Fsp3) is 0.417. The lowest BCUT2D eigenvalue weighted by atomic mass is 10.2. The summed E-state index contributed by atoms with van der Waals surface area (Å²) in [5.41, 5.74) is 3.37. The largest absolute Gasteiger partial charge is 0.353 e. The summed E-state index contributed by atoms with van der Waals surface area (Å²) in [4.78, 5) is 7.75. The van der Waals surface area contributed by atoms with Crippen molar-refractivity contribution in [2.24, 2.45) is 0 Å². The number of H-pyrrole nitrogens is 1. The number of hydrogen-bond donors (Lipinski definition) is 2. The quantitative estimate of drug-likeness (QED) is 0.804. The second-order valence-electron chi connectivity index (χ2n) is 4.06. The molecule has 3 nitrogen and oxygen atoms in total. The van der Waals surface area contributed by atoms with E-state index in [-0.39, 0.29) is 0 Å². The van der Waals surface area contributed by atoms with Crippen molar-refractivity contribution in [2.75, 3.05) is 5.32 Å². The number of anilines is 1. The molecule has 3 heteroatoms. The van der Waals surface area contributed by atoms with E-state index in [2.05, 4.69) is 48.2 Å². The Morgan fingerprint density at radius 3 is 3.00 bits per heavy atom. The van der Waals surface area contributed by atoms with Crippen LogP contribution in [-0.2, 0) is 0 Å². The zero-order valence-corrected chi connectivity index (χ0v) is 9.46. The van der Waals surface area contributed by atoms with E-state index in [1.165, 1.54) is 5.56 Å². The molecule has 15 heavy (non-hydrogen) atoms. The van der Waals surface area contributed by atoms with E-state index in [1.54, 1.807) is 0 Å². The van der Waals surface area contributed by atoms with E-state index in [0.29, 0.717) is 6.04 Å². The average molecular weight is 203 g/mol. The van der Waals surface area contributed by atoms with Crippen LogP contribution in [0.1, 0.15) is 25.8 Å². The second kappa shape index (κ2) is 3.93. The van der Waals surface area contributed by atoms with E-state index in [9.17, 15) is 0 Å². The van der Waals surface area contributed by atoms with Crippen LogP contribution in [0.15, 0.2) is 18.2 Å². The minimum Gasteiger partial charge on any atom is -0.353 e. The van der Waals surface area contributed by atoms with Crippen LogP contribution in [0, 0.1) is 6.92 Å². The van der Waals surface area contributed by atoms with Crippen molar-refractivity contribution in [1.82, 2.24) is 9.97 Å². The Labute approximate surface area is 89.9 Å². The molecule has 2 aromatic rings. The first-order valence-electron chi connectivity index (χ1n) is 5.42. The third kappa shape index (κ3) is 2.12. The summed E-state index contributed by atoms with van der Waals surface area (Å²) < 4.78 is 0. The molecule has 1 aromatic heterocycles. The third-order valence-corrected chi connectivity index (χ3v) is 2.63. The lowest BCUT2D eigenvalue weighted by Crippen LogP contribution is -2.14. The number of aromatic amines is 1. The SMILES string of the molecule is CCC(C)Nc1nc2ccc(C)cc2[nH]1. The van der Waals surface area contributed by atoms with Gasteiger partial charge in [-0.3, -0.25) is 0 Å². The average Bonchev–Trinajstić information content (AvgIpc) is 2.59. The van der Waals surface area contributed by atoms with E-state index >= 15 is 0 Å². The molecule has 1 heterocycles. The van der Waals surface area contributed by atoms with Crippen molar-refractivity contribution in [3.05, 3.63) is 23.8 Å². The lowest BCUT2D eigenvalue weighted by molar-refractivity contribution is 0.756. The minimum atomic E-state index is 0.451. The highest BCUT2D eigenvalue weighted by atomic mass is 15.1. The molecular formula is C12H17N3. The molecule has 0 aliphatic carbocycles. The fourth-order valence-corrected chi connectivity index (χ4v) is 1.53. The zero-order valence-electron chi connectivity index (χ0n) is 9.46. The monoisotopic (exact) mass is 203 g/mol. The number of nitrogens with zero attached hydrogens (tertiary/aromatic N) is 1. The van der Waals surface area contributed by atoms with Crippen molar-refractivity contribution in [2.45, 2.75) is 33.2 Å². The van der Waals surface area contributed by atoms with Gasteiger partial charge in [0, 0.05) is 6.04 Å². The van der Waals surface area contributed by atoms with E-state index in [1.807, 2.05) is 6.07 Å². The number of benzene rings is 1. The second-order valence-corrected chi connectivity index (χ2v) is 4.06. The Hall–Kier alpha value is -1.51. The van der Waals surface area contributed by atoms with Gasteiger partial charge in [-0.05, 0) is 38.0 Å². The number of imidazole rings is 1. The van der Waals surface area contributed by atoms with Crippen molar-refractivity contribution in [3.63, 3.8) is 0 Å². The third-order valence-electron chi connectivity index (χ3n) is 2.63. The van der Waals surface area contributed by atoms with Gasteiger partial charge in [0.05, 0.1) is 11.0 Å². The lowest BCUT2D eigenvalue weighted by Gasteiger charge is -2.08. The molecule has 0 aliphatic rings. The number of rotatable bonds is 3. The standard InChI is InChI=1S/C12H17N3/c1-4-9(3)13-12-14-10-6-5-8(2)7-11(10)15-12/h5-7,9H,4H2,1-3H3,(H2,13,14,15). The van der Waals surface area contributed by atoms with Gasteiger partial charge in [-0.1, -0.05) is 13.0 Å². The van der Waals surface area contributed by atoms with Crippen LogP contribution in [-0.4, -0.2) is 16.0 Å². The molecule has 0 radical (unpaired) electrons.